The predicted octanol–water partition coefficient (Wildman–Crippen LogP) is 3.56. The fourth-order valence-electron chi connectivity index (χ4n) is 2.13. The van der Waals surface area contributed by atoms with Gasteiger partial charge in [-0.3, -0.25) is 9.59 Å². The topological polar surface area (TPSA) is 46.6 Å². The summed E-state index contributed by atoms with van der Waals surface area (Å²) in [5, 5.41) is 0. The van der Waals surface area contributed by atoms with E-state index >= 15 is 0 Å². The third-order valence-corrected chi connectivity index (χ3v) is 3.66. The fourth-order valence-corrected chi connectivity index (χ4v) is 2.13. The Kier molecular flexibility index (Phi) is 10.6. The summed E-state index contributed by atoms with van der Waals surface area (Å²) in [5.41, 5.74) is 0. The molecule has 0 saturated carbocycles. The van der Waals surface area contributed by atoms with E-state index in [9.17, 15) is 9.59 Å². The molecular weight excluding hydrogens is 266 g/mol. The van der Waals surface area contributed by atoms with Gasteiger partial charge in [-0.05, 0) is 32.3 Å². The zero-order valence-corrected chi connectivity index (χ0v) is 14.1. The van der Waals surface area contributed by atoms with Crippen molar-refractivity contribution < 1.29 is 14.3 Å². The lowest BCUT2D eigenvalue weighted by Crippen LogP contribution is -2.37. The van der Waals surface area contributed by atoms with Crippen LogP contribution < -0.4 is 0 Å². The highest BCUT2D eigenvalue weighted by atomic mass is 16.5. The Morgan fingerprint density at radius 3 is 2.43 bits per heavy atom. The van der Waals surface area contributed by atoms with Gasteiger partial charge in [-0.15, -0.1) is 0 Å². The van der Waals surface area contributed by atoms with Crippen LogP contribution in [0.1, 0.15) is 59.8 Å². The number of nitrogens with zero attached hydrogens (tertiary/aromatic N) is 1. The Morgan fingerprint density at radius 1 is 1.29 bits per heavy atom. The minimum atomic E-state index is -0.229. The van der Waals surface area contributed by atoms with Crippen LogP contribution in [0.15, 0.2) is 12.7 Å². The summed E-state index contributed by atoms with van der Waals surface area (Å²) in [6.07, 6.45) is 5.99. The highest BCUT2D eigenvalue weighted by Crippen LogP contribution is 2.13. The van der Waals surface area contributed by atoms with Crippen molar-refractivity contribution in [2.75, 3.05) is 13.2 Å². The molecule has 1 amide bonds. The third kappa shape index (κ3) is 8.53. The third-order valence-electron chi connectivity index (χ3n) is 3.66. The maximum Gasteiger partial charge on any atom is 0.307 e. The quantitative estimate of drug-likeness (QED) is 0.433. The van der Waals surface area contributed by atoms with Crippen LogP contribution in [0.2, 0.25) is 0 Å². The van der Waals surface area contributed by atoms with E-state index in [0.29, 0.717) is 19.1 Å². The van der Waals surface area contributed by atoms with Crippen molar-refractivity contribution in [1.29, 1.82) is 0 Å². The number of hydrogen-bond acceptors (Lipinski definition) is 3. The number of rotatable bonds is 11. The molecule has 0 N–H and O–H groups in total. The van der Waals surface area contributed by atoms with Gasteiger partial charge >= 0.3 is 5.97 Å². The molecule has 0 heterocycles. The summed E-state index contributed by atoms with van der Waals surface area (Å²) in [4.78, 5) is 25.1. The Bertz CT molecular complexity index is 326. The molecule has 4 heteroatoms. The summed E-state index contributed by atoms with van der Waals surface area (Å²) in [5.74, 6) is 0.0737. The zero-order chi connectivity index (χ0) is 16.3. The van der Waals surface area contributed by atoms with Gasteiger partial charge in [0.05, 0.1) is 13.0 Å². The summed E-state index contributed by atoms with van der Waals surface area (Å²) >= 11 is 0. The Labute approximate surface area is 129 Å². The van der Waals surface area contributed by atoms with Crippen LogP contribution in [0.3, 0.4) is 0 Å². The molecule has 0 rings (SSSR count). The van der Waals surface area contributed by atoms with Crippen molar-refractivity contribution in [2.45, 2.75) is 65.8 Å². The van der Waals surface area contributed by atoms with Crippen LogP contribution in [0.4, 0.5) is 0 Å². The lowest BCUT2D eigenvalue weighted by molar-refractivity contribution is -0.146. The molecule has 0 aliphatic rings. The molecule has 122 valence electrons. The Morgan fingerprint density at radius 2 is 1.95 bits per heavy atom. The molecule has 0 spiro atoms. The lowest BCUT2D eigenvalue weighted by atomic mass is 10.0. The number of carbonyl (C=O) groups is 2. The number of hydrogen-bond donors (Lipinski definition) is 0. The fraction of sp³-hybridized carbons (Fsp3) is 0.765. The highest BCUT2D eigenvalue weighted by molar-refractivity contribution is 5.87. The number of esters is 1. The number of unbranched alkanes of at least 4 members (excludes halogenated alkanes) is 1. The van der Waals surface area contributed by atoms with Crippen molar-refractivity contribution in [3.63, 3.8) is 0 Å². The van der Waals surface area contributed by atoms with Crippen LogP contribution in [0, 0.1) is 5.92 Å². The SMILES string of the molecule is C=CC(=O)N(CCC(=O)OCC(CC)CCCC)C(C)C. The van der Waals surface area contributed by atoms with Crippen LogP contribution in [0.5, 0.6) is 0 Å². The molecule has 0 aromatic rings. The van der Waals surface area contributed by atoms with E-state index in [1.165, 1.54) is 12.5 Å². The molecular formula is C17H31NO3. The van der Waals surface area contributed by atoms with E-state index in [1.54, 1.807) is 4.90 Å². The molecule has 1 unspecified atom stereocenters. The second kappa shape index (κ2) is 11.4. The zero-order valence-electron chi connectivity index (χ0n) is 14.1. The van der Waals surface area contributed by atoms with E-state index in [0.717, 1.165) is 19.3 Å². The number of ether oxygens (including phenoxy) is 1. The summed E-state index contributed by atoms with van der Waals surface area (Å²) in [6, 6.07) is 0.0521. The monoisotopic (exact) mass is 297 g/mol. The standard InChI is InChI=1S/C17H31NO3/c1-6-9-10-15(7-2)13-21-17(20)11-12-18(14(4)5)16(19)8-3/h8,14-15H,3,6-7,9-13H2,1-2,4-5H3. The van der Waals surface area contributed by atoms with Gasteiger partial charge in [0.15, 0.2) is 0 Å². The molecule has 0 aliphatic heterocycles. The minimum absolute atomic E-state index is 0.0521. The summed E-state index contributed by atoms with van der Waals surface area (Å²) in [6.45, 7) is 12.5. The molecule has 0 aromatic heterocycles. The van der Waals surface area contributed by atoms with Gasteiger partial charge in [0, 0.05) is 12.6 Å². The molecule has 21 heavy (non-hydrogen) atoms. The van der Waals surface area contributed by atoms with Crippen molar-refractivity contribution in [3.8, 4) is 0 Å². The van der Waals surface area contributed by atoms with Gasteiger partial charge in [-0.1, -0.05) is 39.7 Å². The summed E-state index contributed by atoms with van der Waals surface area (Å²) < 4.78 is 5.33. The first-order chi connectivity index (χ1) is 9.96. The molecule has 4 nitrogen and oxygen atoms in total. The average molecular weight is 297 g/mol. The molecule has 0 aliphatic carbocycles. The van der Waals surface area contributed by atoms with Gasteiger partial charge < -0.3 is 9.64 Å². The second-order valence-electron chi connectivity index (χ2n) is 5.68. The smallest absolute Gasteiger partial charge is 0.307 e. The van der Waals surface area contributed by atoms with Crippen LogP contribution >= 0.6 is 0 Å². The van der Waals surface area contributed by atoms with Gasteiger partial charge in [0.2, 0.25) is 5.91 Å². The van der Waals surface area contributed by atoms with E-state index in [-0.39, 0.29) is 24.3 Å². The average Bonchev–Trinajstić information content (AvgIpc) is 2.46. The van der Waals surface area contributed by atoms with Gasteiger partial charge in [0.1, 0.15) is 0 Å². The number of carbonyl (C=O) groups excluding carboxylic acids is 2. The Hall–Kier alpha value is -1.32. The first-order valence-corrected chi connectivity index (χ1v) is 8.04. The first kappa shape index (κ1) is 19.7. The van der Waals surface area contributed by atoms with Crippen molar-refractivity contribution >= 4 is 11.9 Å². The molecule has 0 aromatic carbocycles. The second-order valence-corrected chi connectivity index (χ2v) is 5.68. The van der Waals surface area contributed by atoms with Crippen molar-refractivity contribution in [2.24, 2.45) is 5.92 Å². The summed E-state index contributed by atoms with van der Waals surface area (Å²) in [7, 11) is 0. The van der Waals surface area contributed by atoms with Crippen molar-refractivity contribution in [1.82, 2.24) is 4.90 Å². The number of amides is 1. The highest BCUT2D eigenvalue weighted by Gasteiger charge is 2.16. The van der Waals surface area contributed by atoms with Crippen molar-refractivity contribution in [3.05, 3.63) is 12.7 Å². The Balaban J connectivity index is 4.12. The van der Waals surface area contributed by atoms with E-state index in [4.69, 9.17) is 4.74 Å². The van der Waals surface area contributed by atoms with Gasteiger partial charge in [-0.2, -0.15) is 0 Å². The normalized spacial score (nSPS) is 12.0. The van der Waals surface area contributed by atoms with Gasteiger partial charge in [-0.25, -0.2) is 0 Å². The van der Waals surface area contributed by atoms with Gasteiger partial charge in [0.25, 0.3) is 0 Å². The van der Waals surface area contributed by atoms with Crippen LogP contribution in [-0.2, 0) is 14.3 Å². The van der Waals surface area contributed by atoms with E-state index in [2.05, 4.69) is 20.4 Å². The largest absolute Gasteiger partial charge is 0.465 e. The minimum Gasteiger partial charge on any atom is -0.465 e. The van der Waals surface area contributed by atoms with E-state index in [1.807, 2.05) is 13.8 Å². The predicted molar refractivity (Wildman–Crippen MR) is 85.9 cm³/mol. The van der Waals surface area contributed by atoms with Crippen LogP contribution in [0.25, 0.3) is 0 Å². The maximum atomic E-state index is 11.8. The molecule has 0 radical (unpaired) electrons. The lowest BCUT2D eigenvalue weighted by Gasteiger charge is -2.25. The maximum absolute atomic E-state index is 11.8. The van der Waals surface area contributed by atoms with Crippen LogP contribution in [-0.4, -0.2) is 36.0 Å². The molecule has 1 atom stereocenters. The molecule has 0 saturated heterocycles. The molecule has 0 fully saturated rings. The molecule has 0 bridgehead atoms. The first-order valence-electron chi connectivity index (χ1n) is 8.04. The van der Waals surface area contributed by atoms with E-state index < -0.39 is 0 Å².